The maximum atomic E-state index is 13.3. The van der Waals surface area contributed by atoms with Gasteiger partial charge in [0.1, 0.15) is 6.04 Å². The van der Waals surface area contributed by atoms with Crippen molar-refractivity contribution >= 4 is 22.8 Å². The molecule has 1 heterocycles. The average Bonchev–Trinajstić information content (AvgIpc) is 3.24. The van der Waals surface area contributed by atoms with Crippen LogP contribution in [-0.2, 0) is 6.54 Å². The second-order valence-electron chi connectivity index (χ2n) is 11.0. The molecule has 1 amide bonds. The van der Waals surface area contributed by atoms with Crippen LogP contribution in [0.5, 0.6) is 0 Å². The van der Waals surface area contributed by atoms with Gasteiger partial charge in [0.15, 0.2) is 0 Å². The third-order valence-electron chi connectivity index (χ3n) is 8.02. The summed E-state index contributed by atoms with van der Waals surface area (Å²) >= 11 is 0. The molecular weight excluding hydrogens is 520 g/mol. The minimum atomic E-state index is -0.942. The highest BCUT2D eigenvalue weighted by Gasteiger charge is 2.18. The average molecular weight is 555 g/mol. The van der Waals surface area contributed by atoms with Gasteiger partial charge in [-0.2, -0.15) is 0 Å². The van der Waals surface area contributed by atoms with E-state index in [0.29, 0.717) is 23.6 Å². The van der Waals surface area contributed by atoms with Crippen LogP contribution in [0, 0.1) is 26.2 Å². The third-order valence-corrected chi connectivity index (χ3v) is 8.02. The Morgan fingerprint density at radius 2 is 1.62 bits per heavy atom. The van der Waals surface area contributed by atoms with Gasteiger partial charge in [-0.1, -0.05) is 86.5 Å². The Balaban J connectivity index is 1.39. The van der Waals surface area contributed by atoms with Crippen molar-refractivity contribution in [3.63, 3.8) is 0 Å². The molecule has 0 spiro atoms. The minimum Gasteiger partial charge on any atom is -0.478 e. The zero-order chi connectivity index (χ0) is 30.0. The second-order valence-corrected chi connectivity index (χ2v) is 11.0. The Morgan fingerprint density at radius 1 is 0.905 bits per heavy atom. The van der Waals surface area contributed by atoms with Crippen LogP contribution in [-0.4, -0.2) is 21.6 Å². The van der Waals surface area contributed by atoms with Gasteiger partial charge in [-0.3, -0.25) is 4.79 Å². The van der Waals surface area contributed by atoms with Crippen molar-refractivity contribution < 1.29 is 14.7 Å². The van der Waals surface area contributed by atoms with Gasteiger partial charge in [-0.05, 0) is 77.4 Å². The number of nitrogens with zero attached hydrogens (tertiary/aromatic N) is 1. The molecule has 0 aliphatic rings. The summed E-state index contributed by atoms with van der Waals surface area (Å²) in [5, 5.41) is 13.6. The number of benzene rings is 4. The smallest absolute Gasteiger partial charge is 0.336 e. The number of aromatic carboxylic acids is 1. The zero-order valence-corrected chi connectivity index (χ0v) is 24.3. The molecule has 0 aliphatic heterocycles. The number of carbonyl (C=O) groups excluding carboxylic acids is 1. The quantitative estimate of drug-likeness (QED) is 0.192. The first-order valence-corrected chi connectivity index (χ1v) is 14.1. The molecule has 0 saturated heterocycles. The number of aromatic nitrogens is 1. The summed E-state index contributed by atoms with van der Waals surface area (Å²) in [4.78, 5) is 25.0. The zero-order valence-electron chi connectivity index (χ0n) is 24.3. The first-order valence-electron chi connectivity index (χ1n) is 14.1. The minimum absolute atomic E-state index is 0.211. The molecule has 5 nitrogen and oxygen atoms in total. The number of aryl methyl sites for hydroxylation is 1. The summed E-state index contributed by atoms with van der Waals surface area (Å²) < 4.78 is 2.24. The second kappa shape index (κ2) is 11.8. The third kappa shape index (κ3) is 5.57. The van der Waals surface area contributed by atoms with E-state index in [9.17, 15) is 14.7 Å². The van der Waals surface area contributed by atoms with Crippen LogP contribution in [0.25, 0.3) is 22.0 Å². The lowest BCUT2D eigenvalue weighted by molar-refractivity contribution is 0.0697. The van der Waals surface area contributed by atoms with Crippen LogP contribution in [0.3, 0.4) is 0 Å². The van der Waals surface area contributed by atoms with Crippen LogP contribution < -0.4 is 5.32 Å². The molecule has 5 rings (SSSR count). The van der Waals surface area contributed by atoms with E-state index in [1.54, 1.807) is 12.1 Å². The molecule has 5 aromatic rings. The van der Waals surface area contributed by atoms with Crippen molar-refractivity contribution in [3.05, 3.63) is 130 Å². The molecule has 0 bridgehead atoms. The van der Waals surface area contributed by atoms with E-state index in [2.05, 4.69) is 55.6 Å². The van der Waals surface area contributed by atoms with E-state index < -0.39 is 12.0 Å². The van der Waals surface area contributed by atoms with Crippen molar-refractivity contribution in [2.75, 3.05) is 0 Å². The van der Waals surface area contributed by atoms with Gasteiger partial charge in [0, 0.05) is 28.7 Å². The molecule has 1 atom stereocenters. The van der Waals surface area contributed by atoms with Gasteiger partial charge in [0.2, 0.25) is 0 Å². The highest BCUT2D eigenvalue weighted by atomic mass is 16.4. The fraction of sp³-hybridized carbons (Fsp3) is 0.189. The van der Waals surface area contributed by atoms with Gasteiger partial charge in [-0.25, -0.2) is 4.79 Å². The van der Waals surface area contributed by atoms with Gasteiger partial charge in [-0.15, -0.1) is 6.42 Å². The number of hydrogen-bond acceptors (Lipinski definition) is 2. The van der Waals surface area contributed by atoms with E-state index in [4.69, 9.17) is 6.42 Å². The number of amides is 1. The van der Waals surface area contributed by atoms with Crippen molar-refractivity contribution in [3.8, 4) is 23.5 Å². The summed E-state index contributed by atoms with van der Waals surface area (Å²) in [5.41, 5.74) is 8.84. The Morgan fingerprint density at radius 3 is 2.31 bits per heavy atom. The van der Waals surface area contributed by atoms with Gasteiger partial charge >= 0.3 is 5.97 Å². The number of nitrogens with one attached hydrogen (secondary N) is 1. The van der Waals surface area contributed by atoms with Crippen LogP contribution in [0.15, 0.2) is 91.0 Å². The number of carbonyl (C=O) groups is 2. The van der Waals surface area contributed by atoms with Crippen molar-refractivity contribution in [2.24, 2.45) is 0 Å². The van der Waals surface area contributed by atoms with Crippen molar-refractivity contribution in [1.29, 1.82) is 0 Å². The van der Waals surface area contributed by atoms with E-state index in [-0.39, 0.29) is 11.5 Å². The van der Waals surface area contributed by atoms with Crippen LogP contribution in [0.1, 0.15) is 74.5 Å². The monoisotopic (exact) mass is 554 g/mol. The Bertz CT molecular complexity index is 1840. The molecule has 0 saturated carbocycles. The van der Waals surface area contributed by atoms with Crippen LogP contribution >= 0.6 is 0 Å². The lowest BCUT2D eigenvalue weighted by atomic mass is 9.97. The highest BCUT2D eigenvalue weighted by molar-refractivity contribution is 5.99. The maximum absolute atomic E-state index is 13.3. The molecular formula is C37H34N2O3. The number of carboxylic acids is 1. The molecule has 0 unspecified atom stereocenters. The molecule has 42 heavy (non-hydrogen) atoms. The number of rotatable bonds is 8. The Labute approximate surface area is 246 Å². The highest BCUT2D eigenvalue weighted by Crippen LogP contribution is 2.29. The standard InChI is InChI=1S/C37H34N2O3/c1-6-34(29-11-9-10-28(20-29)23(2)3)38-36(40)30-18-19-35-33(21-30)24(4)25(5)39(35)22-26-14-16-27(17-15-26)31-12-7-8-13-32(31)37(41)42/h1,7-21,23,34H,22H2,2-5H3,(H,38,40)(H,41,42)/t34-/m0/s1. The molecule has 210 valence electrons. The number of terminal acetylenes is 1. The molecule has 2 N–H and O–H groups in total. The predicted octanol–water partition coefficient (Wildman–Crippen LogP) is 7.90. The van der Waals surface area contributed by atoms with E-state index in [1.807, 2.05) is 66.7 Å². The topological polar surface area (TPSA) is 71.3 Å². The lowest BCUT2D eigenvalue weighted by Gasteiger charge is -2.16. The summed E-state index contributed by atoms with van der Waals surface area (Å²) in [5.74, 6) is 1.94. The summed E-state index contributed by atoms with van der Waals surface area (Å²) in [6.45, 7) is 9.07. The SMILES string of the molecule is C#C[C@H](NC(=O)c1ccc2c(c1)c(C)c(C)n2Cc1ccc(-c2ccccc2C(=O)O)cc1)c1cccc(C(C)C)c1. The first-order chi connectivity index (χ1) is 20.2. The van der Waals surface area contributed by atoms with Crippen molar-refractivity contribution in [1.82, 2.24) is 9.88 Å². The number of fused-ring (bicyclic) bond motifs is 1. The summed E-state index contributed by atoms with van der Waals surface area (Å²) in [6, 6.07) is 28.3. The van der Waals surface area contributed by atoms with E-state index >= 15 is 0 Å². The molecule has 1 aromatic heterocycles. The molecule has 5 heteroatoms. The lowest BCUT2D eigenvalue weighted by Crippen LogP contribution is -2.27. The Hall–Kier alpha value is -5.08. The predicted molar refractivity (Wildman–Crippen MR) is 169 cm³/mol. The largest absolute Gasteiger partial charge is 0.478 e. The van der Waals surface area contributed by atoms with E-state index in [1.165, 1.54) is 5.56 Å². The van der Waals surface area contributed by atoms with Gasteiger partial charge in [0.25, 0.3) is 5.91 Å². The van der Waals surface area contributed by atoms with Crippen LogP contribution in [0.4, 0.5) is 0 Å². The Kier molecular flexibility index (Phi) is 7.99. The van der Waals surface area contributed by atoms with Gasteiger partial charge in [0.05, 0.1) is 5.56 Å². The normalized spacial score (nSPS) is 11.8. The fourth-order valence-electron chi connectivity index (χ4n) is 5.42. The van der Waals surface area contributed by atoms with Crippen molar-refractivity contribution in [2.45, 2.75) is 46.2 Å². The molecule has 0 radical (unpaired) electrons. The van der Waals surface area contributed by atoms with Crippen LogP contribution in [0.2, 0.25) is 0 Å². The summed E-state index contributed by atoms with van der Waals surface area (Å²) in [6.07, 6.45) is 5.84. The number of hydrogen-bond donors (Lipinski definition) is 2. The fourth-order valence-corrected chi connectivity index (χ4v) is 5.42. The first kappa shape index (κ1) is 28.4. The molecule has 0 aliphatic carbocycles. The van der Waals surface area contributed by atoms with E-state index in [0.717, 1.165) is 38.9 Å². The molecule has 0 fully saturated rings. The van der Waals surface area contributed by atoms with Gasteiger partial charge < -0.3 is 15.0 Å². The maximum Gasteiger partial charge on any atom is 0.336 e. The number of carboxylic acid groups (broad SMARTS) is 1. The summed E-state index contributed by atoms with van der Waals surface area (Å²) in [7, 11) is 0. The molecule has 4 aromatic carbocycles.